The van der Waals surface area contributed by atoms with E-state index in [1.807, 2.05) is 67.5 Å². The Morgan fingerprint density at radius 1 is 1.00 bits per heavy atom. The van der Waals surface area contributed by atoms with Crippen molar-refractivity contribution in [3.8, 4) is 5.75 Å². The highest BCUT2D eigenvalue weighted by molar-refractivity contribution is 5.78. The molecule has 1 amide bonds. The minimum atomic E-state index is -0.576. The number of aryl methyl sites for hydroxylation is 2. The van der Waals surface area contributed by atoms with E-state index < -0.39 is 17.6 Å². The maximum absolute atomic E-state index is 12.2. The number of esters is 1. The SMILES string of the molecule is CNC(=O)OC(c1cc(C)c(OC(=O)C(C)(C)C)c(C)c1)C(C)(C)C. The molecule has 140 valence electrons. The lowest BCUT2D eigenvalue weighted by atomic mass is 9.83. The third kappa shape index (κ3) is 5.48. The van der Waals surface area contributed by atoms with E-state index in [0.29, 0.717) is 5.75 Å². The molecule has 1 aromatic rings. The topological polar surface area (TPSA) is 64.6 Å². The molecule has 0 aliphatic heterocycles. The third-order valence-electron chi connectivity index (χ3n) is 3.81. The van der Waals surface area contributed by atoms with Crippen molar-refractivity contribution in [3.63, 3.8) is 0 Å². The first-order chi connectivity index (χ1) is 11.3. The Labute approximate surface area is 151 Å². The van der Waals surface area contributed by atoms with E-state index >= 15 is 0 Å². The Kier molecular flexibility index (Phi) is 6.27. The molecule has 1 rings (SSSR count). The average molecular weight is 349 g/mol. The van der Waals surface area contributed by atoms with Gasteiger partial charge in [0.05, 0.1) is 5.41 Å². The maximum Gasteiger partial charge on any atom is 0.407 e. The van der Waals surface area contributed by atoms with Crippen LogP contribution in [-0.4, -0.2) is 19.1 Å². The van der Waals surface area contributed by atoms with Gasteiger partial charge in [-0.15, -0.1) is 0 Å². The minimum Gasteiger partial charge on any atom is -0.441 e. The lowest BCUT2D eigenvalue weighted by Gasteiger charge is -2.31. The molecule has 0 spiro atoms. The average Bonchev–Trinajstić information content (AvgIpc) is 2.45. The summed E-state index contributed by atoms with van der Waals surface area (Å²) in [6.45, 7) is 15.3. The van der Waals surface area contributed by atoms with E-state index in [1.165, 1.54) is 7.05 Å². The Hall–Kier alpha value is -2.04. The minimum absolute atomic E-state index is 0.277. The predicted molar refractivity (Wildman–Crippen MR) is 98.7 cm³/mol. The summed E-state index contributed by atoms with van der Waals surface area (Å²) >= 11 is 0. The number of alkyl carbamates (subject to hydrolysis) is 1. The number of amides is 1. The van der Waals surface area contributed by atoms with Crippen LogP contribution in [0.4, 0.5) is 4.79 Å². The fourth-order valence-corrected chi connectivity index (χ4v) is 2.45. The third-order valence-corrected chi connectivity index (χ3v) is 3.81. The lowest BCUT2D eigenvalue weighted by Crippen LogP contribution is -2.29. The van der Waals surface area contributed by atoms with Gasteiger partial charge in [-0.3, -0.25) is 4.79 Å². The summed E-state index contributed by atoms with van der Waals surface area (Å²) in [5.74, 6) is 0.289. The molecular weight excluding hydrogens is 318 g/mol. The fourth-order valence-electron chi connectivity index (χ4n) is 2.45. The molecule has 1 unspecified atom stereocenters. The van der Waals surface area contributed by atoms with Crippen LogP contribution in [0.1, 0.15) is 64.3 Å². The number of nitrogens with one attached hydrogen (secondary N) is 1. The first kappa shape index (κ1) is 21.0. The molecular formula is C20H31NO4. The van der Waals surface area contributed by atoms with E-state index in [2.05, 4.69) is 5.32 Å². The number of carbonyl (C=O) groups excluding carboxylic acids is 2. The van der Waals surface area contributed by atoms with Crippen molar-refractivity contribution in [1.82, 2.24) is 5.32 Å². The number of benzene rings is 1. The zero-order valence-electron chi connectivity index (χ0n) is 16.9. The van der Waals surface area contributed by atoms with E-state index in [1.54, 1.807) is 0 Å². The summed E-state index contributed by atoms with van der Waals surface area (Å²) in [5.41, 5.74) is 1.69. The van der Waals surface area contributed by atoms with Crippen LogP contribution in [0.15, 0.2) is 12.1 Å². The van der Waals surface area contributed by atoms with Crippen LogP contribution >= 0.6 is 0 Å². The van der Waals surface area contributed by atoms with Gasteiger partial charge in [0.15, 0.2) is 0 Å². The zero-order chi connectivity index (χ0) is 19.6. The van der Waals surface area contributed by atoms with Gasteiger partial charge >= 0.3 is 12.1 Å². The summed E-state index contributed by atoms with van der Waals surface area (Å²) in [5, 5.41) is 2.49. The summed E-state index contributed by atoms with van der Waals surface area (Å²) in [6, 6.07) is 3.83. The predicted octanol–water partition coefficient (Wildman–Crippen LogP) is 4.70. The van der Waals surface area contributed by atoms with Crippen LogP contribution in [0.5, 0.6) is 5.75 Å². The Bertz CT molecular complexity index is 628. The van der Waals surface area contributed by atoms with Crippen molar-refractivity contribution in [2.75, 3.05) is 7.05 Å². The molecule has 0 saturated heterocycles. The molecule has 0 bridgehead atoms. The summed E-state index contributed by atoms with van der Waals surface area (Å²) in [6.07, 6.45) is -0.893. The summed E-state index contributed by atoms with van der Waals surface area (Å²) in [4.78, 5) is 23.9. The van der Waals surface area contributed by atoms with Crippen molar-refractivity contribution in [2.45, 2.75) is 61.5 Å². The first-order valence-corrected chi connectivity index (χ1v) is 8.49. The van der Waals surface area contributed by atoms with E-state index in [9.17, 15) is 9.59 Å². The normalized spacial score (nSPS) is 13.2. The van der Waals surface area contributed by atoms with Gasteiger partial charge in [-0.05, 0) is 63.4 Å². The molecule has 25 heavy (non-hydrogen) atoms. The largest absolute Gasteiger partial charge is 0.441 e. The van der Waals surface area contributed by atoms with Crippen LogP contribution in [-0.2, 0) is 9.53 Å². The summed E-state index contributed by atoms with van der Waals surface area (Å²) < 4.78 is 11.2. The van der Waals surface area contributed by atoms with Crippen molar-refractivity contribution in [2.24, 2.45) is 10.8 Å². The molecule has 0 saturated carbocycles. The molecule has 0 aromatic heterocycles. The van der Waals surface area contributed by atoms with Gasteiger partial charge in [-0.25, -0.2) is 4.79 Å². The van der Waals surface area contributed by atoms with E-state index in [-0.39, 0.29) is 11.4 Å². The van der Waals surface area contributed by atoms with Crippen LogP contribution in [0, 0.1) is 24.7 Å². The zero-order valence-corrected chi connectivity index (χ0v) is 16.9. The maximum atomic E-state index is 12.2. The molecule has 0 fully saturated rings. The number of hydrogen-bond acceptors (Lipinski definition) is 4. The summed E-state index contributed by atoms with van der Waals surface area (Å²) in [7, 11) is 1.54. The van der Waals surface area contributed by atoms with Gasteiger partial charge in [-0.2, -0.15) is 0 Å². The molecule has 1 atom stereocenters. The lowest BCUT2D eigenvalue weighted by molar-refractivity contribution is -0.143. The molecule has 5 heteroatoms. The second kappa shape index (κ2) is 7.46. The van der Waals surface area contributed by atoms with Crippen LogP contribution < -0.4 is 10.1 Å². The molecule has 5 nitrogen and oxygen atoms in total. The van der Waals surface area contributed by atoms with Gasteiger partial charge in [0.25, 0.3) is 0 Å². The molecule has 0 aliphatic carbocycles. The highest BCUT2D eigenvalue weighted by Crippen LogP contribution is 2.39. The second-order valence-electron chi connectivity index (χ2n) is 8.52. The fraction of sp³-hybridized carbons (Fsp3) is 0.600. The Morgan fingerprint density at radius 3 is 1.84 bits per heavy atom. The van der Waals surface area contributed by atoms with Crippen LogP contribution in [0.3, 0.4) is 0 Å². The molecule has 0 radical (unpaired) electrons. The molecule has 1 N–H and O–H groups in total. The Morgan fingerprint density at radius 2 is 1.48 bits per heavy atom. The highest BCUT2D eigenvalue weighted by Gasteiger charge is 2.31. The van der Waals surface area contributed by atoms with Crippen LogP contribution in [0.2, 0.25) is 0 Å². The van der Waals surface area contributed by atoms with Crippen molar-refractivity contribution < 1.29 is 19.1 Å². The van der Waals surface area contributed by atoms with Crippen molar-refractivity contribution >= 4 is 12.1 Å². The number of hydrogen-bond donors (Lipinski definition) is 1. The van der Waals surface area contributed by atoms with Crippen LogP contribution in [0.25, 0.3) is 0 Å². The molecule has 0 aliphatic rings. The number of carbonyl (C=O) groups is 2. The first-order valence-electron chi connectivity index (χ1n) is 8.49. The molecule has 0 heterocycles. The van der Waals surface area contributed by atoms with E-state index in [4.69, 9.17) is 9.47 Å². The number of ether oxygens (including phenoxy) is 2. The van der Waals surface area contributed by atoms with Gasteiger partial charge in [-0.1, -0.05) is 20.8 Å². The molecule has 1 aromatic carbocycles. The van der Waals surface area contributed by atoms with E-state index in [0.717, 1.165) is 16.7 Å². The monoisotopic (exact) mass is 349 g/mol. The second-order valence-corrected chi connectivity index (χ2v) is 8.52. The Balaban J connectivity index is 3.26. The van der Waals surface area contributed by atoms with Gasteiger partial charge < -0.3 is 14.8 Å². The standard InChI is InChI=1S/C20H31NO4/c1-12-10-14(16(19(3,4)5)25-18(23)21-9)11-13(2)15(12)24-17(22)20(6,7)8/h10-11,16H,1-9H3,(H,21,23). The number of rotatable bonds is 3. The quantitative estimate of drug-likeness (QED) is 0.634. The smallest absolute Gasteiger partial charge is 0.407 e. The van der Waals surface area contributed by atoms with Crippen molar-refractivity contribution in [3.05, 3.63) is 28.8 Å². The van der Waals surface area contributed by atoms with Gasteiger partial charge in [0.2, 0.25) is 0 Å². The van der Waals surface area contributed by atoms with Gasteiger partial charge in [0.1, 0.15) is 11.9 Å². The van der Waals surface area contributed by atoms with Gasteiger partial charge in [0, 0.05) is 12.5 Å². The highest BCUT2D eigenvalue weighted by atomic mass is 16.6. The van der Waals surface area contributed by atoms with Crippen molar-refractivity contribution in [1.29, 1.82) is 0 Å².